The topological polar surface area (TPSA) is 15.3 Å². The fourth-order valence-electron chi connectivity index (χ4n) is 2.78. The third-order valence-corrected chi connectivity index (χ3v) is 4.45. The second-order valence-corrected chi connectivity index (χ2v) is 6.61. The first kappa shape index (κ1) is 15.0. The summed E-state index contributed by atoms with van der Waals surface area (Å²) in [5, 5.41) is 3.53. The van der Waals surface area contributed by atoms with E-state index in [9.17, 15) is 0 Å². The van der Waals surface area contributed by atoms with E-state index in [0.29, 0.717) is 11.5 Å². The van der Waals surface area contributed by atoms with Crippen LogP contribution in [-0.2, 0) is 0 Å². The van der Waals surface area contributed by atoms with Crippen molar-refractivity contribution in [3.05, 3.63) is 0 Å². The number of hydrogen-bond donors (Lipinski definition) is 1. The van der Waals surface area contributed by atoms with E-state index in [4.69, 9.17) is 0 Å². The highest BCUT2D eigenvalue weighted by Gasteiger charge is 2.29. The van der Waals surface area contributed by atoms with Crippen LogP contribution in [-0.4, -0.2) is 37.1 Å². The van der Waals surface area contributed by atoms with Crippen molar-refractivity contribution in [2.75, 3.05) is 20.1 Å². The Bertz CT molecular complexity index is 203. The zero-order valence-electron chi connectivity index (χ0n) is 12.6. The summed E-state index contributed by atoms with van der Waals surface area (Å²) >= 11 is 0. The van der Waals surface area contributed by atoms with E-state index in [1.54, 1.807) is 0 Å². The van der Waals surface area contributed by atoms with Gasteiger partial charge in [-0.2, -0.15) is 0 Å². The Morgan fingerprint density at radius 2 is 1.88 bits per heavy atom. The lowest BCUT2D eigenvalue weighted by Crippen LogP contribution is -2.46. The molecule has 0 radical (unpaired) electrons. The monoisotopic (exact) mass is 240 g/mol. The number of likely N-dealkylation sites (N-methyl/N-ethyl adjacent to an activating group) is 1. The molecule has 0 aliphatic heterocycles. The maximum atomic E-state index is 3.53. The van der Waals surface area contributed by atoms with Crippen molar-refractivity contribution < 1.29 is 0 Å². The van der Waals surface area contributed by atoms with Gasteiger partial charge >= 0.3 is 0 Å². The summed E-state index contributed by atoms with van der Waals surface area (Å²) in [6.45, 7) is 11.7. The summed E-state index contributed by atoms with van der Waals surface area (Å²) in [5.74, 6) is 0. The van der Waals surface area contributed by atoms with Crippen molar-refractivity contribution in [1.82, 2.24) is 10.2 Å². The SMILES string of the molecule is CCCNCC(C)N(C)C1CCC(C)(C)CC1. The van der Waals surface area contributed by atoms with Crippen LogP contribution in [0.3, 0.4) is 0 Å². The van der Waals surface area contributed by atoms with Gasteiger partial charge in [0, 0.05) is 18.6 Å². The first-order valence-electron chi connectivity index (χ1n) is 7.39. The van der Waals surface area contributed by atoms with Crippen LogP contribution in [0.1, 0.15) is 59.8 Å². The number of nitrogens with zero attached hydrogens (tertiary/aromatic N) is 1. The zero-order chi connectivity index (χ0) is 12.9. The van der Waals surface area contributed by atoms with Gasteiger partial charge in [0.05, 0.1) is 0 Å². The molecule has 1 saturated carbocycles. The smallest absolute Gasteiger partial charge is 0.0192 e. The lowest BCUT2D eigenvalue weighted by Gasteiger charge is -2.41. The molecule has 1 fully saturated rings. The average Bonchev–Trinajstić information content (AvgIpc) is 2.28. The summed E-state index contributed by atoms with van der Waals surface area (Å²) in [5.41, 5.74) is 0.584. The standard InChI is InChI=1S/C15H32N2/c1-6-11-16-12-13(2)17(5)14-7-9-15(3,4)10-8-14/h13-14,16H,6-12H2,1-5H3. The maximum Gasteiger partial charge on any atom is 0.0192 e. The highest BCUT2D eigenvalue weighted by Crippen LogP contribution is 2.36. The Balaban J connectivity index is 2.29. The van der Waals surface area contributed by atoms with E-state index < -0.39 is 0 Å². The van der Waals surface area contributed by atoms with Gasteiger partial charge in [0.1, 0.15) is 0 Å². The lowest BCUT2D eigenvalue weighted by molar-refractivity contribution is 0.0997. The van der Waals surface area contributed by atoms with Crippen LogP contribution in [0.2, 0.25) is 0 Å². The molecule has 102 valence electrons. The molecule has 0 aromatic rings. The quantitative estimate of drug-likeness (QED) is 0.717. The minimum atomic E-state index is 0.584. The van der Waals surface area contributed by atoms with E-state index in [0.717, 1.165) is 19.1 Å². The summed E-state index contributed by atoms with van der Waals surface area (Å²) in [6, 6.07) is 1.47. The third kappa shape index (κ3) is 4.97. The normalized spacial score (nSPS) is 22.9. The fourth-order valence-corrected chi connectivity index (χ4v) is 2.78. The van der Waals surface area contributed by atoms with Crippen molar-refractivity contribution in [3.8, 4) is 0 Å². The molecule has 0 amide bonds. The van der Waals surface area contributed by atoms with Crippen LogP contribution < -0.4 is 5.32 Å². The molecule has 1 N–H and O–H groups in total. The molecule has 0 saturated heterocycles. The zero-order valence-corrected chi connectivity index (χ0v) is 12.6. The molecule has 0 aromatic carbocycles. The summed E-state index contributed by atoms with van der Waals surface area (Å²) in [7, 11) is 2.31. The number of rotatable bonds is 6. The van der Waals surface area contributed by atoms with Crippen LogP contribution in [0, 0.1) is 5.41 Å². The number of hydrogen-bond acceptors (Lipinski definition) is 2. The molecule has 0 bridgehead atoms. The summed E-state index contributed by atoms with van der Waals surface area (Å²) < 4.78 is 0. The Kier molecular flexibility index (Phi) is 5.94. The molecule has 1 rings (SSSR count). The minimum Gasteiger partial charge on any atom is -0.315 e. The lowest BCUT2D eigenvalue weighted by atomic mass is 9.75. The van der Waals surface area contributed by atoms with Crippen molar-refractivity contribution in [2.45, 2.75) is 71.9 Å². The van der Waals surface area contributed by atoms with Crippen LogP contribution in [0.25, 0.3) is 0 Å². The molecule has 1 atom stereocenters. The van der Waals surface area contributed by atoms with E-state index >= 15 is 0 Å². The molecule has 1 unspecified atom stereocenters. The van der Waals surface area contributed by atoms with Crippen molar-refractivity contribution >= 4 is 0 Å². The molecule has 2 nitrogen and oxygen atoms in total. The van der Waals surface area contributed by atoms with E-state index in [2.05, 4.69) is 45.0 Å². The highest BCUT2D eigenvalue weighted by molar-refractivity contribution is 4.84. The van der Waals surface area contributed by atoms with Gasteiger partial charge in [0.15, 0.2) is 0 Å². The van der Waals surface area contributed by atoms with Gasteiger partial charge in [-0.05, 0) is 58.0 Å². The predicted octanol–water partition coefficient (Wildman–Crippen LogP) is 3.28. The predicted molar refractivity (Wildman–Crippen MR) is 76.4 cm³/mol. The summed E-state index contributed by atoms with van der Waals surface area (Å²) in [4.78, 5) is 2.60. The van der Waals surface area contributed by atoms with E-state index in [-0.39, 0.29) is 0 Å². The second kappa shape index (κ2) is 6.75. The Labute approximate surface area is 108 Å². The first-order valence-corrected chi connectivity index (χ1v) is 7.39. The van der Waals surface area contributed by atoms with Gasteiger partial charge in [-0.15, -0.1) is 0 Å². The van der Waals surface area contributed by atoms with Gasteiger partial charge in [0.2, 0.25) is 0 Å². The second-order valence-electron chi connectivity index (χ2n) is 6.61. The van der Waals surface area contributed by atoms with Crippen LogP contribution in [0.15, 0.2) is 0 Å². The van der Waals surface area contributed by atoms with Gasteiger partial charge in [0.25, 0.3) is 0 Å². The molecule has 0 heterocycles. The van der Waals surface area contributed by atoms with Gasteiger partial charge in [-0.25, -0.2) is 0 Å². The Morgan fingerprint density at radius 3 is 2.41 bits per heavy atom. The first-order chi connectivity index (χ1) is 7.96. The minimum absolute atomic E-state index is 0.584. The fraction of sp³-hybridized carbons (Fsp3) is 1.00. The van der Waals surface area contributed by atoms with E-state index in [1.807, 2.05) is 0 Å². The van der Waals surface area contributed by atoms with Gasteiger partial charge in [-0.1, -0.05) is 20.8 Å². The molecule has 0 spiro atoms. The molecule has 1 aliphatic carbocycles. The molecular formula is C15H32N2. The Hall–Kier alpha value is -0.0800. The van der Waals surface area contributed by atoms with Gasteiger partial charge in [-0.3, -0.25) is 4.90 Å². The molecule has 0 aromatic heterocycles. The molecule has 17 heavy (non-hydrogen) atoms. The highest BCUT2D eigenvalue weighted by atomic mass is 15.2. The molecule has 1 aliphatic rings. The van der Waals surface area contributed by atoms with Crippen molar-refractivity contribution in [3.63, 3.8) is 0 Å². The van der Waals surface area contributed by atoms with Crippen LogP contribution in [0.4, 0.5) is 0 Å². The van der Waals surface area contributed by atoms with Crippen LogP contribution >= 0.6 is 0 Å². The van der Waals surface area contributed by atoms with E-state index in [1.165, 1.54) is 32.1 Å². The molecule has 2 heteroatoms. The van der Waals surface area contributed by atoms with Gasteiger partial charge < -0.3 is 5.32 Å². The molecular weight excluding hydrogens is 208 g/mol. The van der Waals surface area contributed by atoms with Crippen LogP contribution in [0.5, 0.6) is 0 Å². The largest absolute Gasteiger partial charge is 0.315 e. The summed E-state index contributed by atoms with van der Waals surface area (Å²) in [6.07, 6.45) is 6.76. The Morgan fingerprint density at radius 1 is 1.29 bits per heavy atom. The van der Waals surface area contributed by atoms with Crippen molar-refractivity contribution in [2.24, 2.45) is 5.41 Å². The average molecular weight is 240 g/mol. The third-order valence-electron chi connectivity index (χ3n) is 4.45. The van der Waals surface area contributed by atoms with Crippen molar-refractivity contribution in [1.29, 1.82) is 0 Å². The maximum absolute atomic E-state index is 3.53. The number of nitrogens with one attached hydrogen (secondary N) is 1.